The lowest BCUT2D eigenvalue weighted by atomic mass is 10.2. The Morgan fingerprint density at radius 1 is 1.47 bits per heavy atom. The molecule has 0 aliphatic rings. The van der Waals surface area contributed by atoms with Gasteiger partial charge in [-0.25, -0.2) is 0 Å². The molecule has 0 spiro atoms. The monoisotopic (exact) mass is 272 g/mol. The normalized spacial score (nSPS) is 12.4. The van der Waals surface area contributed by atoms with Crippen molar-refractivity contribution in [3.8, 4) is 0 Å². The number of ether oxygens (including phenoxy) is 1. The zero-order chi connectivity index (χ0) is 12.5. The Bertz CT molecular complexity index is 309. The SMILES string of the molecule is CCCCCCS[C@H](C(=O)OC)c1cccs1. The second-order valence-electron chi connectivity index (χ2n) is 3.85. The van der Waals surface area contributed by atoms with Crippen molar-refractivity contribution in [3.05, 3.63) is 22.4 Å². The number of methoxy groups -OCH3 is 1. The molecule has 0 amide bonds. The summed E-state index contributed by atoms with van der Waals surface area (Å²) in [4.78, 5) is 12.8. The van der Waals surface area contributed by atoms with E-state index in [9.17, 15) is 4.79 Å². The molecular weight excluding hydrogens is 252 g/mol. The highest BCUT2D eigenvalue weighted by Gasteiger charge is 2.22. The Labute approximate surface area is 112 Å². The second kappa shape index (κ2) is 8.59. The lowest BCUT2D eigenvalue weighted by molar-refractivity contribution is -0.140. The van der Waals surface area contributed by atoms with Crippen LogP contribution in [0.3, 0.4) is 0 Å². The van der Waals surface area contributed by atoms with Gasteiger partial charge in [-0.05, 0) is 23.6 Å². The standard InChI is InChI=1S/C13H20O2S2/c1-3-4-5-6-9-17-12(13(14)15-2)11-8-7-10-16-11/h7-8,10,12H,3-6,9H2,1-2H3/t12-/m0/s1. The summed E-state index contributed by atoms with van der Waals surface area (Å²) < 4.78 is 4.86. The van der Waals surface area contributed by atoms with Gasteiger partial charge >= 0.3 is 5.97 Å². The number of esters is 1. The molecular formula is C13H20O2S2. The molecule has 0 N–H and O–H groups in total. The van der Waals surface area contributed by atoms with E-state index in [0.29, 0.717) is 0 Å². The second-order valence-corrected chi connectivity index (χ2v) is 6.04. The fourth-order valence-corrected chi connectivity index (χ4v) is 3.69. The minimum absolute atomic E-state index is 0.132. The predicted octanol–water partition coefficient (Wildman–Crippen LogP) is 4.28. The van der Waals surface area contributed by atoms with Crippen molar-refractivity contribution >= 4 is 29.1 Å². The van der Waals surface area contributed by atoms with Gasteiger partial charge in [-0.15, -0.1) is 23.1 Å². The zero-order valence-electron chi connectivity index (χ0n) is 10.5. The smallest absolute Gasteiger partial charge is 0.324 e. The van der Waals surface area contributed by atoms with Gasteiger partial charge in [-0.3, -0.25) is 4.79 Å². The van der Waals surface area contributed by atoms with Crippen molar-refractivity contribution in [2.24, 2.45) is 0 Å². The molecule has 96 valence electrons. The number of unbranched alkanes of at least 4 members (excludes halogenated alkanes) is 3. The Morgan fingerprint density at radius 3 is 2.88 bits per heavy atom. The van der Waals surface area contributed by atoms with Crippen LogP contribution in [0.2, 0.25) is 0 Å². The van der Waals surface area contributed by atoms with E-state index in [2.05, 4.69) is 6.92 Å². The largest absolute Gasteiger partial charge is 0.468 e. The van der Waals surface area contributed by atoms with Gasteiger partial charge < -0.3 is 4.74 Å². The number of thiophene rings is 1. The molecule has 0 aliphatic carbocycles. The summed E-state index contributed by atoms with van der Waals surface area (Å²) >= 11 is 3.32. The molecule has 1 rings (SSSR count). The van der Waals surface area contributed by atoms with Gasteiger partial charge in [0.2, 0.25) is 0 Å². The van der Waals surface area contributed by atoms with Crippen LogP contribution in [0.25, 0.3) is 0 Å². The first-order valence-electron chi connectivity index (χ1n) is 6.02. The Balaban J connectivity index is 2.40. The maximum atomic E-state index is 11.7. The summed E-state index contributed by atoms with van der Waals surface area (Å²) in [7, 11) is 1.46. The third-order valence-electron chi connectivity index (χ3n) is 2.50. The maximum Gasteiger partial charge on any atom is 0.324 e. The van der Waals surface area contributed by atoms with Crippen LogP contribution in [0.1, 0.15) is 42.7 Å². The van der Waals surface area contributed by atoms with Crippen molar-refractivity contribution in [1.29, 1.82) is 0 Å². The van der Waals surface area contributed by atoms with E-state index in [1.807, 2.05) is 17.5 Å². The topological polar surface area (TPSA) is 26.3 Å². The summed E-state index contributed by atoms with van der Waals surface area (Å²) in [6.45, 7) is 2.20. The van der Waals surface area contributed by atoms with Crippen molar-refractivity contribution in [3.63, 3.8) is 0 Å². The van der Waals surface area contributed by atoms with Crippen LogP contribution < -0.4 is 0 Å². The molecule has 1 heterocycles. The number of thioether (sulfide) groups is 1. The first kappa shape index (κ1) is 14.6. The maximum absolute atomic E-state index is 11.7. The van der Waals surface area contributed by atoms with Gasteiger partial charge in [-0.2, -0.15) is 0 Å². The summed E-state index contributed by atoms with van der Waals surface area (Å²) in [6, 6.07) is 3.98. The van der Waals surface area contributed by atoms with Crippen molar-refractivity contribution < 1.29 is 9.53 Å². The average Bonchev–Trinajstić information content (AvgIpc) is 2.86. The van der Waals surface area contributed by atoms with Gasteiger partial charge in [0.1, 0.15) is 5.25 Å². The van der Waals surface area contributed by atoms with Gasteiger partial charge in [-0.1, -0.05) is 32.3 Å². The quantitative estimate of drug-likeness (QED) is 0.522. The lowest BCUT2D eigenvalue weighted by Crippen LogP contribution is -2.10. The van der Waals surface area contributed by atoms with E-state index in [4.69, 9.17) is 4.74 Å². The highest BCUT2D eigenvalue weighted by atomic mass is 32.2. The summed E-state index contributed by atoms with van der Waals surface area (Å²) in [5.74, 6) is 0.894. The van der Waals surface area contributed by atoms with E-state index in [-0.39, 0.29) is 11.2 Å². The third kappa shape index (κ3) is 5.13. The lowest BCUT2D eigenvalue weighted by Gasteiger charge is -2.12. The number of rotatable bonds is 8. The van der Waals surface area contributed by atoms with Crippen LogP contribution in [-0.4, -0.2) is 18.8 Å². The van der Waals surface area contributed by atoms with Crippen LogP contribution in [-0.2, 0) is 9.53 Å². The first-order chi connectivity index (χ1) is 8.29. The number of hydrogen-bond acceptors (Lipinski definition) is 4. The fourth-order valence-electron chi connectivity index (χ4n) is 1.54. The number of hydrogen-bond donors (Lipinski definition) is 0. The summed E-state index contributed by atoms with van der Waals surface area (Å²) in [5.41, 5.74) is 0. The molecule has 0 unspecified atom stereocenters. The molecule has 1 atom stereocenters. The minimum Gasteiger partial charge on any atom is -0.468 e. The van der Waals surface area contributed by atoms with Crippen molar-refractivity contribution in [2.75, 3.05) is 12.9 Å². The molecule has 0 saturated carbocycles. The fraction of sp³-hybridized carbons (Fsp3) is 0.615. The molecule has 0 aromatic carbocycles. The minimum atomic E-state index is -0.137. The van der Waals surface area contributed by atoms with Gasteiger partial charge in [0.25, 0.3) is 0 Å². The van der Waals surface area contributed by atoms with Gasteiger partial charge in [0.15, 0.2) is 0 Å². The van der Waals surface area contributed by atoms with Crippen LogP contribution in [0.4, 0.5) is 0 Å². The van der Waals surface area contributed by atoms with Crippen LogP contribution in [0, 0.1) is 0 Å². The molecule has 0 aliphatic heterocycles. The number of carbonyl (C=O) groups excluding carboxylic acids is 1. The molecule has 0 radical (unpaired) electrons. The Kier molecular flexibility index (Phi) is 7.37. The van der Waals surface area contributed by atoms with E-state index >= 15 is 0 Å². The van der Waals surface area contributed by atoms with Crippen LogP contribution in [0.5, 0.6) is 0 Å². The third-order valence-corrected chi connectivity index (χ3v) is 4.89. The van der Waals surface area contributed by atoms with E-state index in [1.165, 1.54) is 32.8 Å². The number of carbonyl (C=O) groups is 1. The molecule has 1 aromatic rings. The van der Waals surface area contributed by atoms with E-state index in [0.717, 1.165) is 10.6 Å². The van der Waals surface area contributed by atoms with E-state index < -0.39 is 0 Å². The zero-order valence-corrected chi connectivity index (χ0v) is 12.1. The van der Waals surface area contributed by atoms with Crippen molar-refractivity contribution in [2.45, 2.75) is 37.9 Å². The highest BCUT2D eigenvalue weighted by molar-refractivity contribution is 8.00. The molecule has 0 bridgehead atoms. The van der Waals surface area contributed by atoms with Crippen LogP contribution in [0.15, 0.2) is 17.5 Å². The van der Waals surface area contributed by atoms with Gasteiger partial charge in [0, 0.05) is 4.88 Å². The highest BCUT2D eigenvalue weighted by Crippen LogP contribution is 2.33. The first-order valence-corrected chi connectivity index (χ1v) is 7.95. The summed E-state index contributed by atoms with van der Waals surface area (Å²) in [6.07, 6.45) is 4.96. The molecule has 1 aromatic heterocycles. The van der Waals surface area contributed by atoms with Crippen LogP contribution >= 0.6 is 23.1 Å². The molecule has 17 heavy (non-hydrogen) atoms. The van der Waals surface area contributed by atoms with Crippen molar-refractivity contribution in [1.82, 2.24) is 0 Å². The molecule has 0 saturated heterocycles. The molecule has 4 heteroatoms. The molecule has 0 fully saturated rings. The Morgan fingerprint density at radius 2 is 2.29 bits per heavy atom. The van der Waals surface area contributed by atoms with E-state index in [1.54, 1.807) is 23.1 Å². The predicted molar refractivity (Wildman–Crippen MR) is 75.7 cm³/mol. The average molecular weight is 272 g/mol. The molecule has 2 nitrogen and oxygen atoms in total. The van der Waals surface area contributed by atoms with Gasteiger partial charge in [0.05, 0.1) is 7.11 Å². The Hall–Kier alpha value is -0.480. The summed E-state index contributed by atoms with van der Waals surface area (Å²) in [5, 5.41) is 1.87.